The van der Waals surface area contributed by atoms with Gasteiger partial charge in [-0.05, 0) is 67.3 Å². The van der Waals surface area contributed by atoms with E-state index >= 15 is 0 Å². The minimum atomic E-state index is -4.64. The Balaban J connectivity index is 1.32. The van der Waals surface area contributed by atoms with Crippen molar-refractivity contribution in [2.24, 2.45) is 0 Å². The number of hydrogen-bond donors (Lipinski definition) is 2. The van der Waals surface area contributed by atoms with Crippen LogP contribution in [0.15, 0.2) is 96.6 Å². The molecule has 7 rings (SSSR count). The number of nitrogens with zero attached hydrogens (tertiary/aromatic N) is 6. The zero-order valence-electron chi connectivity index (χ0n) is 32.2. The van der Waals surface area contributed by atoms with E-state index in [1.54, 1.807) is 32.1 Å². The van der Waals surface area contributed by atoms with Gasteiger partial charge in [0.2, 0.25) is 23.3 Å². The van der Waals surface area contributed by atoms with E-state index in [4.69, 9.17) is 25.8 Å². The van der Waals surface area contributed by atoms with Gasteiger partial charge in [-0.25, -0.2) is 4.98 Å². The van der Waals surface area contributed by atoms with E-state index < -0.39 is 35.7 Å². The fourth-order valence-corrected chi connectivity index (χ4v) is 6.74. The molecule has 18 heteroatoms. The van der Waals surface area contributed by atoms with Crippen molar-refractivity contribution in [2.75, 3.05) is 23.8 Å². The lowest BCUT2D eigenvalue weighted by Gasteiger charge is -2.20. The molecule has 0 spiro atoms. The molecule has 14 nitrogen and oxygen atoms in total. The number of fused-ring (bicyclic) bond motifs is 1. The summed E-state index contributed by atoms with van der Waals surface area (Å²) in [7, 11) is 0. The Morgan fingerprint density at radius 1 is 1.05 bits per heavy atom. The fourth-order valence-electron chi connectivity index (χ4n) is 6.51. The summed E-state index contributed by atoms with van der Waals surface area (Å²) in [5, 5.41) is 9.58. The highest BCUT2D eigenvalue weighted by atomic mass is 35.5. The van der Waals surface area contributed by atoms with Crippen LogP contribution in [0.2, 0.25) is 5.02 Å². The van der Waals surface area contributed by atoms with E-state index in [0.717, 1.165) is 33.9 Å². The summed E-state index contributed by atoms with van der Waals surface area (Å²) in [5.41, 5.74) is 1.27. The maximum Gasteiger partial charge on any atom is 0.416 e. The number of aromatic nitrogens is 6. The summed E-state index contributed by atoms with van der Waals surface area (Å²) < 4.78 is 60.3. The Morgan fingerprint density at radius 2 is 1.85 bits per heavy atom. The maximum atomic E-state index is 14.6. The number of nitrogens with one attached hydrogen (secondary N) is 2. The standard InChI is InChI=1S/C42H36ClF3N8O6/c1-4-33-36(29-13-12-28(20-32(29)50-34(55)5-2)60-39-37(24(3)47-23-48-39)59-22-25-9-7-6-8-10-25)40(57)54-41(51-38(52-54)26-15-17-58-18-16-26)53(33)21-35(56)49-31-14-11-27(19-30(31)43)42(44,45)46/h5-15,19-20,23H,2,4,16-18,21-22H2,1,3H3,(H,49,56)(H,50,55). The van der Waals surface area contributed by atoms with Gasteiger partial charge in [0, 0.05) is 17.3 Å². The summed E-state index contributed by atoms with van der Waals surface area (Å²) in [6, 6.07) is 16.7. The second-order valence-corrected chi connectivity index (χ2v) is 13.8. The van der Waals surface area contributed by atoms with Gasteiger partial charge in [0.05, 0.1) is 46.4 Å². The number of amides is 2. The Morgan fingerprint density at radius 3 is 2.55 bits per heavy atom. The molecule has 0 saturated carbocycles. The summed E-state index contributed by atoms with van der Waals surface area (Å²) in [6.07, 6.45) is 0.177. The van der Waals surface area contributed by atoms with E-state index in [1.165, 1.54) is 17.0 Å². The first-order valence-corrected chi connectivity index (χ1v) is 18.9. The first kappa shape index (κ1) is 41.3. The van der Waals surface area contributed by atoms with Crippen molar-refractivity contribution in [1.29, 1.82) is 0 Å². The molecule has 2 N–H and O–H groups in total. The summed E-state index contributed by atoms with van der Waals surface area (Å²) in [5.74, 6) is -0.419. The highest BCUT2D eigenvalue weighted by Crippen LogP contribution is 2.38. The van der Waals surface area contributed by atoms with Crippen LogP contribution < -0.4 is 25.7 Å². The largest absolute Gasteiger partial charge is 0.482 e. The zero-order chi connectivity index (χ0) is 42.6. The van der Waals surface area contributed by atoms with Crippen molar-refractivity contribution in [1.82, 2.24) is 29.1 Å². The first-order chi connectivity index (χ1) is 28.8. The Bertz CT molecular complexity index is 2720. The van der Waals surface area contributed by atoms with Crippen LogP contribution in [0.4, 0.5) is 24.5 Å². The Labute approximate surface area is 345 Å². The number of alkyl halides is 3. The van der Waals surface area contributed by atoms with Crippen LogP contribution in [0.5, 0.6) is 17.4 Å². The Kier molecular flexibility index (Phi) is 12.1. The molecule has 0 atom stereocenters. The lowest BCUT2D eigenvalue weighted by atomic mass is 10.0. The van der Waals surface area contributed by atoms with Gasteiger partial charge < -0.3 is 29.4 Å². The predicted octanol–water partition coefficient (Wildman–Crippen LogP) is 7.83. The van der Waals surface area contributed by atoms with Crippen LogP contribution in [0.1, 0.15) is 41.7 Å². The van der Waals surface area contributed by atoms with Crippen molar-refractivity contribution >= 4 is 46.1 Å². The SMILES string of the molecule is C=CC(=O)Nc1cc(Oc2ncnc(C)c2OCc2ccccc2)ccc1-c1c(CC)n(CC(=O)Nc2ccc(C(F)(F)F)cc2Cl)c2nc(C3=CCOCC3)nn2c1=O. The fraction of sp³-hybridized carbons (Fsp3) is 0.214. The number of carbonyl (C=O) groups is 2. The molecule has 4 heterocycles. The van der Waals surface area contributed by atoms with Crippen molar-refractivity contribution in [2.45, 2.75) is 46.0 Å². The number of hydrogen-bond acceptors (Lipinski definition) is 10. The van der Waals surface area contributed by atoms with E-state index in [9.17, 15) is 27.6 Å². The molecule has 0 saturated heterocycles. The maximum absolute atomic E-state index is 14.6. The molecule has 0 unspecified atom stereocenters. The minimum absolute atomic E-state index is 0.0236. The molecule has 6 aromatic rings. The lowest BCUT2D eigenvalue weighted by Crippen LogP contribution is -2.29. The number of carbonyl (C=O) groups excluding carboxylic acids is 2. The van der Waals surface area contributed by atoms with Gasteiger partial charge in [-0.3, -0.25) is 14.4 Å². The quantitative estimate of drug-likeness (QED) is 0.110. The molecule has 1 aliphatic rings. The van der Waals surface area contributed by atoms with Crippen LogP contribution in [0.3, 0.4) is 0 Å². The van der Waals surface area contributed by atoms with Crippen molar-refractivity contribution in [3.8, 4) is 28.5 Å². The van der Waals surface area contributed by atoms with Crippen LogP contribution in [-0.2, 0) is 40.1 Å². The second-order valence-electron chi connectivity index (χ2n) is 13.4. The topological polar surface area (TPSA) is 164 Å². The molecule has 0 aliphatic carbocycles. The molecular formula is C42H36ClF3N8O6. The molecule has 308 valence electrons. The lowest BCUT2D eigenvalue weighted by molar-refractivity contribution is -0.137. The average Bonchev–Trinajstić information content (AvgIpc) is 3.69. The van der Waals surface area contributed by atoms with Gasteiger partial charge in [0.25, 0.3) is 11.4 Å². The molecular weight excluding hydrogens is 805 g/mol. The van der Waals surface area contributed by atoms with Gasteiger partial charge in [0.15, 0.2) is 5.82 Å². The van der Waals surface area contributed by atoms with Crippen LogP contribution >= 0.6 is 11.6 Å². The van der Waals surface area contributed by atoms with Crippen LogP contribution in [-0.4, -0.2) is 54.2 Å². The number of benzene rings is 3. The first-order valence-electron chi connectivity index (χ1n) is 18.5. The van der Waals surface area contributed by atoms with Crippen molar-refractivity contribution < 1.29 is 37.0 Å². The number of rotatable bonds is 13. The highest BCUT2D eigenvalue weighted by Gasteiger charge is 2.31. The number of ether oxygens (including phenoxy) is 3. The molecule has 0 radical (unpaired) electrons. The van der Waals surface area contributed by atoms with Gasteiger partial charge in [-0.15, -0.1) is 5.10 Å². The number of halogens is 4. The van der Waals surface area contributed by atoms with Crippen molar-refractivity contribution in [3.63, 3.8) is 0 Å². The molecule has 60 heavy (non-hydrogen) atoms. The van der Waals surface area contributed by atoms with Crippen LogP contribution in [0.25, 0.3) is 22.5 Å². The van der Waals surface area contributed by atoms with Crippen LogP contribution in [0, 0.1) is 6.92 Å². The Hall–Kier alpha value is -6.85. The molecule has 3 aromatic heterocycles. The third kappa shape index (κ3) is 8.91. The molecule has 2 amide bonds. The van der Waals surface area contributed by atoms with E-state index in [-0.39, 0.29) is 63.8 Å². The molecule has 0 fully saturated rings. The van der Waals surface area contributed by atoms with E-state index in [1.807, 2.05) is 30.3 Å². The summed E-state index contributed by atoms with van der Waals surface area (Å²) in [4.78, 5) is 54.5. The van der Waals surface area contributed by atoms with E-state index in [2.05, 4.69) is 37.3 Å². The smallest absolute Gasteiger partial charge is 0.416 e. The number of aryl methyl sites for hydroxylation is 1. The summed E-state index contributed by atoms with van der Waals surface area (Å²) >= 11 is 6.17. The highest BCUT2D eigenvalue weighted by molar-refractivity contribution is 6.33. The van der Waals surface area contributed by atoms with Gasteiger partial charge in [-0.1, -0.05) is 61.5 Å². The molecule has 3 aromatic carbocycles. The van der Waals surface area contributed by atoms with E-state index in [0.29, 0.717) is 42.8 Å². The summed E-state index contributed by atoms with van der Waals surface area (Å²) in [6.45, 7) is 7.54. The second kappa shape index (κ2) is 17.6. The minimum Gasteiger partial charge on any atom is -0.482 e. The predicted molar refractivity (Wildman–Crippen MR) is 217 cm³/mol. The third-order valence-corrected chi connectivity index (χ3v) is 9.72. The number of anilines is 2. The van der Waals surface area contributed by atoms with Gasteiger partial charge in [0.1, 0.15) is 25.2 Å². The normalized spacial score (nSPS) is 12.8. The monoisotopic (exact) mass is 840 g/mol. The van der Waals surface area contributed by atoms with Crippen molar-refractivity contribution in [3.05, 3.63) is 136 Å². The average molecular weight is 841 g/mol. The zero-order valence-corrected chi connectivity index (χ0v) is 32.9. The van der Waals surface area contributed by atoms with Gasteiger partial charge >= 0.3 is 6.18 Å². The van der Waals surface area contributed by atoms with Gasteiger partial charge in [-0.2, -0.15) is 27.7 Å². The molecule has 1 aliphatic heterocycles. The third-order valence-electron chi connectivity index (χ3n) is 9.40. The molecule has 0 bridgehead atoms.